The van der Waals surface area contributed by atoms with Crippen LogP contribution in [0.1, 0.15) is 17.2 Å². The van der Waals surface area contributed by atoms with Gasteiger partial charge in [0.1, 0.15) is 6.04 Å². The van der Waals surface area contributed by atoms with Crippen LogP contribution in [0.2, 0.25) is 0 Å². The van der Waals surface area contributed by atoms with Crippen LogP contribution < -0.4 is 4.72 Å². The summed E-state index contributed by atoms with van der Waals surface area (Å²) in [6.07, 6.45) is -0.758. The molecular weight excluding hydrogens is 374 g/mol. The molecule has 0 aliphatic carbocycles. The summed E-state index contributed by atoms with van der Waals surface area (Å²) in [5.41, 5.74) is 1.37. The van der Waals surface area contributed by atoms with Crippen molar-refractivity contribution >= 4 is 21.7 Å². The number of ether oxygens (including phenoxy) is 1. The quantitative estimate of drug-likeness (QED) is 0.589. The van der Waals surface area contributed by atoms with Crippen LogP contribution in [-0.4, -0.2) is 37.1 Å². The number of hydrogen-bond donors (Lipinski definition) is 2. The average molecular weight is 391 g/mol. The molecule has 3 rings (SSSR count). The molecule has 9 nitrogen and oxygen atoms in total. The van der Waals surface area contributed by atoms with E-state index in [1.807, 2.05) is 6.92 Å². The number of nitrogens with zero attached hydrogens (tertiary/aromatic N) is 2. The van der Waals surface area contributed by atoms with Gasteiger partial charge in [-0.25, -0.2) is 18.1 Å². The molecule has 2 N–H and O–H groups in total. The molecule has 2 aromatic rings. The molecule has 27 heavy (non-hydrogen) atoms. The van der Waals surface area contributed by atoms with Gasteiger partial charge < -0.3 is 9.84 Å². The third-order valence-corrected chi connectivity index (χ3v) is 5.38. The van der Waals surface area contributed by atoms with Crippen molar-refractivity contribution in [2.75, 3.05) is 6.61 Å². The van der Waals surface area contributed by atoms with Crippen LogP contribution in [0.5, 0.6) is 0 Å². The number of amidine groups is 1. The number of hydrogen-bond acceptors (Lipinski definition) is 7. The lowest BCUT2D eigenvalue weighted by atomic mass is 10.0. The highest BCUT2D eigenvalue weighted by Crippen LogP contribution is 2.30. The van der Waals surface area contributed by atoms with Crippen LogP contribution in [-0.2, 0) is 14.8 Å². The van der Waals surface area contributed by atoms with Gasteiger partial charge in [-0.15, -0.1) is 0 Å². The molecule has 2 unspecified atom stereocenters. The Kier molecular flexibility index (Phi) is 5.10. The Labute approximate surface area is 155 Å². The number of aliphatic imine (C=N–C) groups is 1. The van der Waals surface area contributed by atoms with E-state index in [-0.39, 0.29) is 23.2 Å². The number of non-ortho nitro benzene ring substituents is 1. The number of nitro groups is 1. The van der Waals surface area contributed by atoms with Gasteiger partial charge in [0.05, 0.1) is 16.4 Å². The molecule has 2 aromatic carbocycles. The van der Waals surface area contributed by atoms with E-state index in [1.165, 1.54) is 36.4 Å². The Morgan fingerprint density at radius 1 is 1.19 bits per heavy atom. The zero-order valence-corrected chi connectivity index (χ0v) is 15.1. The van der Waals surface area contributed by atoms with Crippen LogP contribution in [0, 0.1) is 17.0 Å². The van der Waals surface area contributed by atoms with Crippen LogP contribution in [0.25, 0.3) is 0 Å². The fourth-order valence-electron chi connectivity index (χ4n) is 2.60. The van der Waals surface area contributed by atoms with E-state index in [1.54, 1.807) is 12.1 Å². The molecule has 0 aromatic heterocycles. The van der Waals surface area contributed by atoms with Gasteiger partial charge in [-0.2, -0.15) is 0 Å². The van der Waals surface area contributed by atoms with Crippen molar-refractivity contribution in [1.82, 2.24) is 4.72 Å². The summed E-state index contributed by atoms with van der Waals surface area (Å²) in [6, 6.07) is 10.9. The second-order valence-electron chi connectivity index (χ2n) is 5.99. The molecule has 0 amide bonds. The molecule has 1 aliphatic heterocycles. The second kappa shape index (κ2) is 7.33. The second-order valence-corrected chi connectivity index (χ2v) is 7.67. The number of aliphatic hydroxyl groups excluding tert-OH is 1. The Morgan fingerprint density at radius 2 is 1.81 bits per heavy atom. The molecule has 0 fully saturated rings. The van der Waals surface area contributed by atoms with Gasteiger partial charge in [-0.3, -0.25) is 10.1 Å². The zero-order chi connectivity index (χ0) is 19.6. The molecule has 142 valence electrons. The number of aliphatic hydroxyl groups is 1. The Balaban J connectivity index is 1.78. The lowest BCUT2D eigenvalue weighted by Gasteiger charge is -2.16. The molecule has 10 heteroatoms. The van der Waals surface area contributed by atoms with Gasteiger partial charge >= 0.3 is 0 Å². The first-order chi connectivity index (χ1) is 12.8. The molecule has 1 aliphatic rings. The molecule has 2 atom stereocenters. The number of nitro benzene ring substituents is 1. The van der Waals surface area contributed by atoms with Gasteiger partial charge in [-0.05, 0) is 36.8 Å². The van der Waals surface area contributed by atoms with Crippen molar-refractivity contribution in [2.45, 2.75) is 24.0 Å². The van der Waals surface area contributed by atoms with E-state index in [9.17, 15) is 23.6 Å². The van der Waals surface area contributed by atoms with Gasteiger partial charge in [0.2, 0.25) is 0 Å². The van der Waals surface area contributed by atoms with E-state index < -0.39 is 27.1 Å². The molecule has 0 radical (unpaired) electrons. The first-order valence-electron chi connectivity index (χ1n) is 7.99. The highest BCUT2D eigenvalue weighted by atomic mass is 32.2. The minimum Gasteiger partial charge on any atom is -0.454 e. The van der Waals surface area contributed by atoms with E-state index in [0.29, 0.717) is 5.56 Å². The van der Waals surface area contributed by atoms with Gasteiger partial charge in [0.25, 0.3) is 21.7 Å². The SMILES string of the molecule is Cc1ccc(S(=O)(=O)NC2=NC(CO)C(c3ccc([N+](=O)[O-])cc3)O2)cc1. The third kappa shape index (κ3) is 4.07. The zero-order valence-electron chi connectivity index (χ0n) is 14.3. The molecule has 0 saturated carbocycles. The van der Waals surface area contributed by atoms with Gasteiger partial charge in [-0.1, -0.05) is 17.7 Å². The maximum absolute atomic E-state index is 12.4. The lowest BCUT2D eigenvalue weighted by molar-refractivity contribution is -0.384. The van der Waals surface area contributed by atoms with Crippen molar-refractivity contribution in [3.05, 3.63) is 69.8 Å². The average Bonchev–Trinajstić information content (AvgIpc) is 3.04. The summed E-state index contributed by atoms with van der Waals surface area (Å²) in [4.78, 5) is 14.4. The normalized spacial score (nSPS) is 19.3. The molecule has 1 heterocycles. The minimum absolute atomic E-state index is 0.0544. The van der Waals surface area contributed by atoms with E-state index >= 15 is 0 Å². The van der Waals surface area contributed by atoms with E-state index in [4.69, 9.17) is 4.74 Å². The summed E-state index contributed by atoms with van der Waals surface area (Å²) in [5.74, 6) is 0. The van der Waals surface area contributed by atoms with Crippen molar-refractivity contribution in [1.29, 1.82) is 0 Å². The van der Waals surface area contributed by atoms with Crippen molar-refractivity contribution in [2.24, 2.45) is 4.99 Å². The Morgan fingerprint density at radius 3 is 2.37 bits per heavy atom. The summed E-state index contributed by atoms with van der Waals surface area (Å²) in [7, 11) is -3.89. The minimum atomic E-state index is -3.89. The molecular formula is C17H17N3O6S. The summed E-state index contributed by atoms with van der Waals surface area (Å²) >= 11 is 0. The first kappa shape index (κ1) is 18.8. The number of benzene rings is 2. The third-order valence-electron chi connectivity index (χ3n) is 4.04. The maximum atomic E-state index is 12.4. The smallest absolute Gasteiger partial charge is 0.300 e. The fourth-order valence-corrected chi connectivity index (χ4v) is 3.54. The highest BCUT2D eigenvalue weighted by Gasteiger charge is 2.34. The van der Waals surface area contributed by atoms with E-state index in [0.717, 1.165) is 5.56 Å². The first-order valence-corrected chi connectivity index (χ1v) is 9.47. The lowest BCUT2D eigenvalue weighted by Crippen LogP contribution is -2.31. The standard InChI is InChI=1S/C17H17N3O6S/c1-11-2-8-14(9-3-11)27(24,25)19-17-18-15(10-21)16(26-17)12-4-6-13(7-5-12)20(22)23/h2-9,15-16,21H,10H2,1H3,(H,18,19). The highest BCUT2D eigenvalue weighted by molar-refractivity contribution is 7.90. The fraction of sp³-hybridized carbons (Fsp3) is 0.235. The molecule has 0 saturated heterocycles. The van der Waals surface area contributed by atoms with Crippen LogP contribution in [0.3, 0.4) is 0 Å². The topological polar surface area (TPSA) is 131 Å². The predicted molar refractivity (Wildman–Crippen MR) is 96.7 cm³/mol. The van der Waals surface area contributed by atoms with Gasteiger partial charge in [0.15, 0.2) is 6.10 Å². The number of sulfonamides is 1. The maximum Gasteiger partial charge on any atom is 0.300 e. The van der Waals surface area contributed by atoms with Crippen molar-refractivity contribution in [3.63, 3.8) is 0 Å². The van der Waals surface area contributed by atoms with Crippen LogP contribution >= 0.6 is 0 Å². The summed E-state index contributed by atoms with van der Waals surface area (Å²) < 4.78 is 32.7. The van der Waals surface area contributed by atoms with Crippen LogP contribution in [0.15, 0.2) is 58.4 Å². The monoisotopic (exact) mass is 391 g/mol. The van der Waals surface area contributed by atoms with Crippen molar-refractivity contribution in [3.8, 4) is 0 Å². The van der Waals surface area contributed by atoms with Gasteiger partial charge in [0, 0.05) is 12.1 Å². The largest absolute Gasteiger partial charge is 0.454 e. The van der Waals surface area contributed by atoms with Crippen molar-refractivity contribution < 1.29 is 23.2 Å². The molecule has 0 spiro atoms. The summed E-state index contributed by atoms with van der Waals surface area (Å²) in [5, 5.41) is 20.3. The number of nitrogens with one attached hydrogen (secondary N) is 1. The number of rotatable bonds is 5. The Bertz CT molecular complexity index is 971. The van der Waals surface area contributed by atoms with E-state index in [2.05, 4.69) is 9.71 Å². The Hall–Kier alpha value is -2.98. The summed E-state index contributed by atoms with van der Waals surface area (Å²) in [6.45, 7) is 1.46. The van der Waals surface area contributed by atoms with Crippen LogP contribution in [0.4, 0.5) is 5.69 Å². The predicted octanol–water partition coefficient (Wildman–Crippen LogP) is 1.67. The number of aryl methyl sites for hydroxylation is 1. The molecule has 0 bridgehead atoms.